The molecule has 0 aromatic heterocycles. The third-order valence-electron chi connectivity index (χ3n) is 15.2. The van der Waals surface area contributed by atoms with Gasteiger partial charge in [0.15, 0.2) is 0 Å². The smallest absolute Gasteiger partial charge is 0.0637 e. The fourth-order valence-corrected chi connectivity index (χ4v) is 12.2. The first-order valence-corrected chi connectivity index (χ1v) is 23.0. The summed E-state index contributed by atoms with van der Waals surface area (Å²) in [5, 5.41) is 3.80. The highest BCUT2D eigenvalue weighted by atomic mass is 16.5. The van der Waals surface area contributed by atoms with Gasteiger partial charge in [-0.15, -0.1) is 0 Å². The zero-order valence-electron chi connectivity index (χ0n) is 34.9. The molecule has 4 rings (SSSR count). The molecule has 0 spiro atoms. The summed E-state index contributed by atoms with van der Waals surface area (Å²) >= 11 is 0. The SMILES string of the molecule is CCCCCCCCCCCCNCCC[C@@H](C)C1CC[C@H]2[C@@H]3[C@H](OCCCN)C[C@@H]4C[C@H](OCCCN)CC[C@]4(C)[C@H]3C[C@H](OCCCN)[C@]12C. The number of nitrogens with two attached hydrogens (primary N) is 3. The van der Waals surface area contributed by atoms with Gasteiger partial charge in [0.05, 0.1) is 18.3 Å². The van der Waals surface area contributed by atoms with Gasteiger partial charge >= 0.3 is 0 Å². The third-order valence-corrected chi connectivity index (χ3v) is 15.2. The normalized spacial score (nSPS) is 34.9. The molecule has 4 fully saturated rings. The first kappa shape index (κ1) is 44.4. The van der Waals surface area contributed by atoms with Gasteiger partial charge in [-0.3, -0.25) is 0 Å². The molecular weight excluding hydrogens is 645 g/mol. The van der Waals surface area contributed by atoms with Gasteiger partial charge in [0.25, 0.3) is 0 Å². The molecule has 11 atom stereocenters. The summed E-state index contributed by atoms with van der Waals surface area (Å²) in [6, 6.07) is 0. The summed E-state index contributed by atoms with van der Waals surface area (Å²) < 4.78 is 20.4. The van der Waals surface area contributed by atoms with E-state index in [9.17, 15) is 0 Å². The highest BCUT2D eigenvalue weighted by Gasteiger charge is 2.66. The van der Waals surface area contributed by atoms with Crippen LogP contribution in [0.4, 0.5) is 0 Å². The molecule has 0 aliphatic heterocycles. The summed E-state index contributed by atoms with van der Waals surface area (Å²) in [6.45, 7) is 17.0. The molecule has 4 aliphatic rings. The van der Waals surface area contributed by atoms with Crippen LogP contribution >= 0.6 is 0 Å². The number of unbranched alkanes of at least 4 members (excludes halogenated alkanes) is 9. The number of hydrogen-bond acceptors (Lipinski definition) is 7. The van der Waals surface area contributed by atoms with Crippen molar-refractivity contribution in [1.29, 1.82) is 0 Å². The second kappa shape index (κ2) is 23.7. The van der Waals surface area contributed by atoms with Crippen molar-refractivity contribution in [2.75, 3.05) is 52.5 Å². The van der Waals surface area contributed by atoms with Crippen LogP contribution in [0.1, 0.15) is 169 Å². The van der Waals surface area contributed by atoms with Crippen molar-refractivity contribution in [3.8, 4) is 0 Å². The maximum absolute atomic E-state index is 7.06. The Balaban J connectivity index is 1.36. The number of hydrogen-bond donors (Lipinski definition) is 4. The van der Waals surface area contributed by atoms with E-state index in [4.69, 9.17) is 31.4 Å². The molecule has 0 saturated heterocycles. The van der Waals surface area contributed by atoms with Gasteiger partial charge in [-0.05, 0) is 157 Å². The van der Waals surface area contributed by atoms with E-state index in [1.807, 2.05) is 0 Å². The van der Waals surface area contributed by atoms with Gasteiger partial charge in [0.2, 0.25) is 0 Å². The van der Waals surface area contributed by atoms with E-state index in [1.54, 1.807) is 0 Å². The quantitative estimate of drug-likeness (QED) is 0.0594. The zero-order valence-corrected chi connectivity index (χ0v) is 34.9. The van der Waals surface area contributed by atoms with Crippen molar-refractivity contribution in [1.82, 2.24) is 5.32 Å². The molecule has 7 N–H and O–H groups in total. The molecule has 7 heteroatoms. The molecule has 1 unspecified atom stereocenters. The average Bonchev–Trinajstić information content (AvgIpc) is 3.50. The Hall–Kier alpha value is -0.280. The van der Waals surface area contributed by atoms with E-state index in [0.29, 0.717) is 78.9 Å². The van der Waals surface area contributed by atoms with Crippen molar-refractivity contribution < 1.29 is 14.2 Å². The molecule has 0 radical (unpaired) electrons. The number of rotatable bonds is 28. The predicted molar refractivity (Wildman–Crippen MR) is 219 cm³/mol. The second-order valence-electron chi connectivity index (χ2n) is 18.5. The van der Waals surface area contributed by atoms with Crippen LogP contribution in [0.3, 0.4) is 0 Å². The Labute approximate surface area is 322 Å². The van der Waals surface area contributed by atoms with Crippen molar-refractivity contribution in [3.05, 3.63) is 0 Å². The second-order valence-corrected chi connectivity index (χ2v) is 18.5. The first-order valence-electron chi connectivity index (χ1n) is 23.0. The zero-order chi connectivity index (χ0) is 37.2. The molecule has 7 nitrogen and oxygen atoms in total. The Morgan fingerprint density at radius 1 is 0.654 bits per heavy atom. The molecule has 4 aliphatic carbocycles. The summed E-state index contributed by atoms with van der Waals surface area (Å²) in [4.78, 5) is 0. The van der Waals surface area contributed by atoms with Gasteiger partial charge in [-0.25, -0.2) is 0 Å². The minimum absolute atomic E-state index is 0.180. The minimum atomic E-state index is 0.180. The highest BCUT2D eigenvalue weighted by Crippen LogP contribution is 2.69. The lowest BCUT2D eigenvalue weighted by Gasteiger charge is -2.65. The van der Waals surface area contributed by atoms with Crippen molar-refractivity contribution in [3.63, 3.8) is 0 Å². The number of nitrogens with one attached hydrogen (secondary N) is 1. The molecule has 0 heterocycles. The Morgan fingerprint density at radius 3 is 1.94 bits per heavy atom. The van der Waals surface area contributed by atoms with Crippen LogP contribution in [-0.2, 0) is 14.2 Å². The van der Waals surface area contributed by atoms with Crippen LogP contribution in [-0.4, -0.2) is 70.9 Å². The largest absolute Gasteiger partial charge is 0.378 e. The van der Waals surface area contributed by atoms with E-state index in [1.165, 1.54) is 122 Å². The van der Waals surface area contributed by atoms with Crippen LogP contribution in [0.25, 0.3) is 0 Å². The molecular formula is C45H88N4O3. The lowest BCUT2D eigenvalue weighted by Crippen LogP contribution is -2.63. The molecule has 306 valence electrons. The van der Waals surface area contributed by atoms with E-state index in [0.717, 1.165) is 52.0 Å². The maximum atomic E-state index is 7.06. The van der Waals surface area contributed by atoms with Crippen molar-refractivity contribution in [2.45, 2.75) is 187 Å². The maximum Gasteiger partial charge on any atom is 0.0637 e. The third kappa shape index (κ3) is 11.9. The molecule has 52 heavy (non-hydrogen) atoms. The van der Waals surface area contributed by atoms with Crippen LogP contribution in [0.5, 0.6) is 0 Å². The Morgan fingerprint density at radius 2 is 1.27 bits per heavy atom. The topological polar surface area (TPSA) is 118 Å². The summed E-state index contributed by atoms with van der Waals surface area (Å²) in [6.07, 6.45) is 29.1. The Kier molecular flexibility index (Phi) is 20.3. The van der Waals surface area contributed by atoms with Gasteiger partial charge < -0.3 is 36.7 Å². The highest BCUT2D eigenvalue weighted by molar-refractivity contribution is 5.15. The van der Waals surface area contributed by atoms with Crippen LogP contribution < -0.4 is 22.5 Å². The fourth-order valence-electron chi connectivity index (χ4n) is 12.2. The molecule has 0 amide bonds. The number of fused-ring (bicyclic) bond motifs is 5. The molecule has 0 aromatic carbocycles. The Bertz CT molecular complexity index is 940. The molecule has 0 aromatic rings. The average molecular weight is 733 g/mol. The van der Waals surface area contributed by atoms with E-state index in [2.05, 4.69) is 33.0 Å². The van der Waals surface area contributed by atoms with Crippen LogP contribution in [0.15, 0.2) is 0 Å². The lowest BCUT2D eigenvalue weighted by molar-refractivity contribution is -0.227. The number of ether oxygens (including phenoxy) is 3. The van der Waals surface area contributed by atoms with Gasteiger partial charge in [0.1, 0.15) is 0 Å². The first-order chi connectivity index (χ1) is 25.3. The summed E-state index contributed by atoms with van der Waals surface area (Å²) in [5.41, 5.74) is 18.3. The fraction of sp³-hybridized carbons (Fsp3) is 1.00. The predicted octanol–water partition coefficient (Wildman–Crippen LogP) is 8.99. The minimum Gasteiger partial charge on any atom is -0.378 e. The molecule has 4 saturated carbocycles. The lowest BCUT2D eigenvalue weighted by atomic mass is 9.43. The standard InChI is InChI=1S/C45H88N4O3/c1-5-6-7-8-9-10-11-12-13-14-27-49-28-15-19-35(2)38-20-21-39-43-40(34-42(45(38,39)4)52-31-18-26-48)44(3)23-22-37(50-29-16-24-46)32-36(44)33-41(43)51-30-17-25-47/h35-43,49H,5-34,46-48H2,1-4H3/t35-,36+,37-,38?,39+,40+,41-,42+,43+,44+,45-/m1/s1. The van der Waals surface area contributed by atoms with E-state index in [-0.39, 0.29) is 5.41 Å². The van der Waals surface area contributed by atoms with Crippen molar-refractivity contribution >= 4 is 0 Å². The summed E-state index contributed by atoms with van der Waals surface area (Å²) in [5.74, 6) is 3.92. The van der Waals surface area contributed by atoms with E-state index >= 15 is 0 Å². The van der Waals surface area contributed by atoms with E-state index < -0.39 is 0 Å². The summed E-state index contributed by atoms with van der Waals surface area (Å²) in [7, 11) is 0. The van der Waals surface area contributed by atoms with Gasteiger partial charge in [0, 0.05) is 25.2 Å². The van der Waals surface area contributed by atoms with Crippen LogP contribution in [0.2, 0.25) is 0 Å². The molecule has 0 bridgehead atoms. The van der Waals surface area contributed by atoms with Gasteiger partial charge in [-0.1, -0.05) is 85.5 Å². The van der Waals surface area contributed by atoms with Crippen LogP contribution in [0, 0.1) is 46.3 Å². The van der Waals surface area contributed by atoms with Gasteiger partial charge in [-0.2, -0.15) is 0 Å². The monoisotopic (exact) mass is 733 g/mol. The van der Waals surface area contributed by atoms with Crippen molar-refractivity contribution in [2.24, 2.45) is 63.5 Å².